The van der Waals surface area contributed by atoms with E-state index in [0.29, 0.717) is 18.2 Å². The van der Waals surface area contributed by atoms with Gasteiger partial charge in [-0.2, -0.15) is 39.9 Å². The largest absolute Gasteiger partial charge is 1.00 e. The summed E-state index contributed by atoms with van der Waals surface area (Å²) in [6.07, 6.45) is -10.4. The van der Waals surface area contributed by atoms with Crippen molar-refractivity contribution in [3.63, 3.8) is 0 Å². The van der Waals surface area contributed by atoms with Crippen LogP contribution in [0.5, 0.6) is 5.75 Å². The first-order valence-electron chi connectivity index (χ1n) is 8.71. The van der Waals surface area contributed by atoms with Gasteiger partial charge in [0.05, 0.1) is 27.4 Å². The molecule has 0 amide bonds. The van der Waals surface area contributed by atoms with Crippen LogP contribution < -0.4 is 64.2 Å². The molecule has 0 fully saturated rings. The van der Waals surface area contributed by atoms with Crippen LogP contribution in [-0.2, 0) is 32.6 Å². The molecule has 0 unspecified atom stereocenters. The Balaban J connectivity index is 0.00000342. The summed E-state index contributed by atoms with van der Waals surface area (Å²) in [4.78, 5) is -2.15. The molecule has 0 aliphatic carbocycles. The number of benzene rings is 3. The van der Waals surface area contributed by atoms with Gasteiger partial charge in [0, 0.05) is 0 Å². The van der Waals surface area contributed by atoms with Gasteiger partial charge in [-0.1, -0.05) is 11.8 Å². The molecule has 188 valence electrons. The van der Waals surface area contributed by atoms with Gasteiger partial charge in [0.1, 0.15) is 15.0 Å². The molecule has 37 heavy (non-hydrogen) atoms. The van der Waals surface area contributed by atoms with E-state index in [0.717, 1.165) is 6.07 Å². The molecule has 0 saturated carbocycles. The number of nitrogens with zero attached hydrogens (tertiary/aromatic N) is 2. The standard InChI is InChI=1S/C18H10F6N2O7S2.2Na/c19-17(20,21)9-5-10(18(22,23)24)7-11(6-9)25-26-15-14(35(31,32)33)4-8-3-12(34(28,29)30)1-2-13(8)16(15)27;;/h1-7,27H,(H,28,29,30)(H,31,32,33);;/q;2*+1/p-2. The number of hydrogen-bond donors (Lipinski definition) is 1. The second-order valence-corrected chi connectivity index (χ2v) is 9.60. The van der Waals surface area contributed by atoms with Gasteiger partial charge < -0.3 is 9.66 Å². The van der Waals surface area contributed by atoms with Crippen molar-refractivity contribution < 1.29 is 117 Å². The molecule has 3 rings (SSSR count). The topological polar surface area (TPSA) is 159 Å². The monoisotopic (exact) mass is 588 g/mol. The molecular weight excluding hydrogens is 580 g/mol. The first-order valence-corrected chi connectivity index (χ1v) is 11.6. The van der Waals surface area contributed by atoms with Gasteiger partial charge in [0.2, 0.25) is 0 Å². The smallest absolute Gasteiger partial charge is 0.871 e. The Bertz CT molecular complexity index is 1560. The average Bonchev–Trinajstić information content (AvgIpc) is 2.69. The third kappa shape index (κ3) is 7.87. The molecule has 0 radical (unpaired) electrons. The Morgan fingerprint density at radius 2 is 1.30 bits per heavy atom. The predicted octanol–water partition coefficient (Wildman–Crippen LogP) is -1.47. The minimum atomic E-state index is -5.30. The summed E-state index contributed by atoms with van der Waals surface area (Å²) < 4.78 is 144. The van der Waals surface area contributed by atoms with Gasteiger partial charge in [-0.05, 0) is 47.2 Å². The minimum absolute atomic E-state index is 0. The van der Waals surface area contributed by atoms with Crippen molar-refractivity contribution in [2.75, 3.05) is 0 Å². The molecule has 0 bridgehead atoms. The van der Waals surface area contributed by atoms with E-state index in [1.807, 2.05) is 0 Å². The van der Waals surface area contributed by atoms with E-state index in [9.17, 15) is 57.4 Å². The number of fused-ring (bicyclic) bond motifs is 1. The van der Waals surface area contributed by atoms with Crippen LogP contribution in [0.25, 0.3) is 10.8 Å². The van der Waals surface area contributed by atoms with Gasteiger partial charge in [0.25, 0.3) is 10.1 Å². The van der Waals surface area contributed by atoms with E-state index in [-0.39, 0.29) is 77.3 Å². The van der Waals surface area contributed by atoms with Gasteiger partial charge >= 0.3 is 71.5 Å². The molecule has 0 heterocycles. The third-order valence-corrected chi connectivity index (χ3v) is 6.11. The molecule has 0 aromatic heterocycles. The maximum Gasteiger partial charge on any atom is 1.00 e. The fraction of sp³-hybridized carbons (Fsp3) is 0.111. The molecule has 0 spiro atoms. The number of azo groups is 1. The molecule has 0 aliphatic heterocycles. The zero-order valence-corrected chi connectivity index (χ0v) is 24.0. The molecule has 3 aromatic carbocycles. The van der Waals surface area contributed by atoms with Crippen LogP contribution in [0, 0.1) is 0 Å². The summed E-state index contributed by atoms with van der Waals surface area (Å²) in [6, 6.07) is 2.76. The second-order valence-electron chi connectivity index (χ2n) is 6.83. The Hall–Kier alpha value is -1.28. The number of rotatable bonds is 4. The van der Waals surface area contributed by atoms with Crippen LogP contribution in [0.4, 0.5) is 37.7 Å². The summed E-state index contributed by atoms with van der Waals surface area (Å²) in [7, 11) is -10.3. The van der Waals surface area contributed by atoms with E-state index in [4.69, 9.17) is 0 Å². The van der Waals surface area contributed by atoms with Crippen molar-refractivity contribution in [3.05, 3.63) is 53.6 Å². The maximum absolute atomic E-state index is 13.0. The van der Waals surface area contributed by atoms with E-state index >= 15 is 0 Å². The van der Waals surface area contributed by atoms with E-state index in [2.05, 4.69) is 10.2 Å². The normalized spacial score (nSPS) is 12.9. The predicted molar refractivity (Wildman–Crippen MR) is 102 cm³/mol. The number of halogens is 6. The Morgan fingerprint density at radius 1 is 0.784 bits per heavy atom. The number of hydrogen-bond acceptors (Lipinski definition) is 8. The fourth-order valence-electron chi connectivity index (χ4n) is 2.87. The summed E-state index contributed by atoms with van der Waals surface area (Å²) in [5.74, 6) is -1.34. The number of alkyl halides is 6. The minimum Gasteiger partial charge on any atom is -0.871 e. The van der Waals surface area contributed by atoms with Crippen molar-refractivity contribution in [2.24, 2.45) is 10.2 Å². The van der Waals surface area contributed by atoms with Crippen molar-refractivity contribution in [1.82, 2.24) is 0 Å². The average molecular weight is 588 g/mol. The first-order chi connectivity index (χ1) is 15.8. The zero-order valence-electron chi connectivity index (χ0n) is 18.4. The SMILES string of the molecule is O=S(=O)([O-])c1ccc2c([O-])c(N=Nc3cc(C(F)(F)F)cc(C(F)(F)F)c3)c(S(=O)(=O)O)cc2c1.[Na+].[Na+]. The Kier molecular flexibility index (Phi) is 10.4. The van der Waals surface area contributed by atoms with Crippen molar-refractivity contribution >= 4 is 42.4 Å². The van der Waals surface area contributed by atoms with Crippen molar-refractivity contribution in [2.45, 2.75) is 22.1 Å². The van der Waals surface area contributed by atoms with Crippen LogP contribution in [-0.4, -0.2) is 25.9 Å². The quantitative estimate of drug-likeness (QED) is 0.169. The summed E-state index contributed by atoms with van der Waals surface area (Å²) in [5, 5.41) is 18.1. The van der Waals surface area contributed by atoms with Crippen LogP contribution in [0.1, 0.15) is 11.1 Å². The van der Waals surface area contributed by atoms with E-state index < -0.39 is 81.4 Å². The van der Waals surface area contributed by atoms with Crippen molar-refractivity contribution in [3.8, 4) is 5.75 Å². The van der Waals surface area contributed by atoms with Crippen LogP contribution >= 0.6 is 0 Å². The van der Waals surface area contributed by atoms with Gasteiger partial charge in [-0.3, -0.25) is 4.55 Å². The first kappa shape index (κ1) is 33.7. The Morgan fingerprint density at radius 3 is 1.73 bits per heavy atom. The third-order valence-electron chi connectivity index (χ3n) is 4.41. The van der Waals surface area contributed by atoms with Gasteiger partial charge in [-0.25, -0.2) is 8.42 Å². The molecule has 9 nitrogen and oxygen atoms in total. The van der Waals surface area contributed by atoms with Crippen LogP contribution in [0.15, 0.2) is 62.5 Å². The summed E-state index contributed by atoms with van der Waals surface area (Å²) in [5.41, 5.74) is -5.77. The molecule has 3 aromatic rings. The molecule has 19 heteroatoms. The summed E-state index contributed by atoms with van der Waals surface area (Å²) >= 11 is 0. The molecule has 0 atom stereocenters. The van der Waals surface area contributed by atoms with E-state index in [1.54, 1.807) is 0 Å². The molecule has 0 aliphatic rings. The van der Waals surface area contributed by atoms with Gasteiger partial charge in [0.15, 0.2) is 0 Å². The molecule has 0 saturated heterocycles. The van der Waals surface area contributed by atoms with Crippen LogP contribution in [0.2, 0.25) is 0 Å². The fourth-order valence-corrected chi connectivity index (χ4v) is 4.03. The second kappa shape index (κ2) is 11.4. The van der Waals surface area contributed by atoms with Crippen LogP contribution in [0.3, 0.4) is 0 Å². The molecule has 1 N–H and O–H groups in total. The van der Waals surface area contributed by atoms with Crippen molar-refractivity contribution in [1.29, 1.82) is 0 Å². The Labute approximate surface area is 248 Å². The summed E-state index contributed by atoms with van der Waals surface area (Å²) in [6.45, 7) is 0. The zero-order chi connectivity index (χ0) is 26.6. The molecular formula is C18H8F6N2Na2O7S2. The maximum atomic E-state index is 13.0. The van der Waals surface area contributed by atoms with Gasteiger partial charge in [-0.15, -0.1) is 5.11 Å². The van der Waals surface area contributed by atoms with E-state index in [1.165, 1.54) is 0 Å².